The molecule has 3 rings (SSSR count). The predicted octanol–water partition coefficient (Wildman–Crippen LogP) is 3.39. The second kappa shape index (κ2) is 9.04. The van der Waals surface area contributed by atoms with Gasteiger partial charge in [0.05, 0.1) is 18.6 Å². The van der Waals surface area contributed by atoms with Gasteiger partial charge in [0.15, 0.2) is 0 Å². The molecule has 2 heterocycles. The van der Waals surface area contributed by atoms with Crippen molar-refractivity contribution >= 4 is 39.7 Å². The molecule has 1 fully saturated rings. The standard InChI is InChI=1S/C19H26N2O3S.ClH/c1-13-15-10-14(24-3)4-5-16(15)25-17(13)18(22)21-11-19(12-23-2)6-8-20-9-7-19;/h4-5,10,20H,6-9,11-12H2,1-3H3,(H,21,22);1H. The number of fused-ring (bicyclic) bond motifs is 1. The van der Waals surface area contributed by atoms with Crippen molar-refractivity contribution in [1.29, 1.82) is 0 Å². The van der Waals surface area contributed by atoms with Crippen LogP contribution in [0.5, 0.6) is 5.75 Å². The number of halogens is 1. The van der Waals surface area contributed by atoms with Gasteiger partial charge in [-0.15, -0.1) is 23.7 Å². The molecule has 1 aliphatic rings. The van der Waals surface area contributed by atoms with Crippen LogP contribution >= 0.6 is 23.7 Å². The van der Waals surface area contributed by atoms with Gasteiger partial charge in [0, 0.05) is 23.8 Å². The van der Waals surface area contributed by atoms with Gasteiger partial charge >= 0.3 is 0 Å². The monoisotopic (exact) mass is 398 g/mol. The molecule has 1 aromatic carbocycles. The Morgan fingerprint density at radius 2 is 2.04 bits per heavy atom. The zero-order valence-corrected chi connectivity index (χ0v) is 17.1. The fourth-order valence-corrected chi connectivity index (χ4v) is 4.63. The Morgan fingerprint density at radius 3 is 2.69 bits per heavy atom. The first kappa shape index (κ1) is 21.0. The van der Waals surface area contributed by atoms with E-state index in [1.807, 2.05) is 25.1 Å². The second-order valence-electron chi connectivity index (χ2n) is 6.78. The van der Waals surface area contributed by atoms with Gasteiger partial charge in [0.1, 0.15) is 5.75 Å². The maximum absolute atomic E-state index is 12.8. The fraction of sp³-hybridized carbons (Fsp3) is 0.526. The van der Waals surface area contributed by atoms with E-state index in [2.05, 4.69) is 10.6 Å². The molecule has 1 aromatic heterocycles. The van der Waals surface area contributed by atoms with Gasteiger partial charge in [-0.05, 0) is 62.0 Å². The molecule has 5 nitrogen and oxygen atoms in total. The number of methoxy groups -OCH3 is 2. The van der Waals surface area contributed by atoms with Crippen LogP contribution in [0.3, 0.4) is 0 Å². The minimum Gasteiger partial charge on any atom is -0.497 e. The molecule has 0 spiro atoms. The van der Waals surface area contributed by atoms with E-state index in [9.17, 15) is 4.79 Å². The molecule has 26 heavy (non-hydrogen) atoms. The average Bonchev–Trinajstić information content (AvgIpc) is 2.97. The number of benzene rings is 1. The summed E-state index contributed by atoms with van der Waals surface area (Å²) in [5.74, 6) is 0.820. The highest BCUT2D eigenvalue weighted by atomic mass is 35.5. The number of hydrogen-bond donors (Lipinski definition) is 2. The van der Waals surface area contributed by atoms with Gasteiger partial charge in [-0.1, -0.05) is 0 Å². The van der Waals surface area contributed by atoms with E-state index in [-0.39, 0.29) is 23.7 Å². The molecule has 0 unspecified atom stereocenters. The van der Waals surface area contributed by atoms with Crippen LogP contribution in [-0.4, -0.2) is 46.4 Å². The second-order valence-corrected chi connectivity index (χ2v) is 7.84. The van der Waals surface area contributed by atoms with Crippen LogP contribution in [0, 0.1) is 12.3 Å². The third kappa shape index (κ3) is 4.31. The molecule has 2 N–H and O–H groups in total. The minimum absolute atomic E-state index is 0. The van der Waals surface area contributed by atoms with Gasteiger partial charge in [-0.2, -0.15) is 0 Å². The summed E-state index contributed by atoms with van der Waals surface area (Å²) >= 11 is 1.54. The number of nitrogens with one attached hydrogen (secondary N) is 2. The van der Waals surface area contributed by atoms with E-state index >= 15 is 0 Å². The number of piperidine rings is 1. The van der Waals surface area contributed by atoms with Crippen LogP contribution in [0.4, 0.5) is 0 Å². The third-order valence-corrected chi connectivity index (χ3v) is 6.36. The predicted molar refractivity (Wildman–Crippen MR) is 109 cm³/mol. The molecule has 1 saturated heterocycles. The van der Waals surface area contributed by atoms with Crippen molar-refractivity contribution in [1.82, 2.24) is 10.6 Å². The van der Waals surface area contributed by atoms with Crippen molar-refractivity contribution in [3.63, 3.8) is 0 Å². The first-order valence-electron chi connectivity index (χ1n) is 8.63. The highest BCUT2D eigenvalue weighted by Crippen LogP contribution is 2.34. The van der Waals surface area contributed by atoms with Gasteiger partial charge in [-0.25, -0.2) is 0 Å². The SMILES string of the molecule is COCC1(CNC(=O)c2sc3ccc(OC)cc3c2C)CCNCC1.Cl. The fourth-order valence-electron chi connectivity index (χ4n) is 3.53. The quantitative estimate of drug-likeness (QED) is 0.783. The lowest BCUT2D eigenvalue weighted by molar-refractivity contribution is 0.0512. The lowest BCUT2D eigenvalue weighted by atomic mass is 9.79. The number of carbonyl (C=O) groups is 1. The maximum atomic E-state index is 12.8. The van der Waals surface area contributed by atoms with Crippen molar-refractivity contribution < 1.29 is 14.3 Å². The minimum atomic E-state index is 0. The van der Waals surface area contributed by atoms with Crippen molar-refractivity contribution in [2.75, 3.05) is 40.5 Å². The Bertz CT molecular complexity index is 751. The van der Waals surface area contributed by atoms with E-state index in [1.165, 1.54) is 11.3 Å². The van der Waals surface area contributed by atoms with Gasteiger partial charge < -0.3 is 20.1 Å². The summed E-state index contributed by atoms with van der Waals surface area (Å²) in [5, 5.41) is 7.62. The summed E-state index contributed by atoms with van der Waals surface area (Å²) in [6, 6.07) is 5.95. The average molecular weight is 399 g/mol. The molecular weight excluding hydrogens is 372 g/mol. The number of aryl methyl sites for hydroxylation is 1. The third-order valence-electron chi connectivity index (χ3n) is 5.09. The molecule has 0 bridgehead atoms. The molecule has 0 saturated carbocycles. The zero-order chi connectivity index (χ0) is 17.9. The highest BCUT2D eigenvalue weighted by molar-refractivity contribution is 7.21. The number of ether oxygens (including phenoxy) is 2. The molecule has 0 aliphatic carbocycles. The molecule has 7 heteroatoms. The zero-order valence-electron chi connectivity index (χ0n) is 15.5. The van der Waals surface area contributed by atoms with Crippen molar-refractivity contribution in [2.45, 2.75) is 19.8 Å². The summed E-state index contributed by atoms with van der Waals surface area (Å²) in [6.07, 6.45) is 2.04. The van der Waals surface area contributed by atoms with Crippen molar-refractivity contribution in [3.8, 4) is 5.75 Å². The molecule has 144 valence electrons. The van der Waals surface area contributed by atoms with Gasteiger partial charge in [0.25, 0.3) is 5.91 Å². The van der Waals surface area contributed by atoms with Crippen LogP contribution in [0.25, 0.3) is 10.1 Å². The lowest BCUT2D eigenvalue weighted by Gasteiger charge is -2.37. The molecular formula is C19H27ClN2O3S. The van der Waals surface area contributed by atoms with E-state index in [1.54, 1.807) is 14.2 Å². The Hall–Kier alpha value is -1.34. The van der Waals surface area contributed by atoms with E-state index in [0.717, 1.165) is 52.2 Å². The normalized spacial score (nSPS) is 16.1. The molecule has 1 aliphatic heterocycles. The van der Waals surface area contributed by atoms with Crippen LogP contribution < -0.4 is 15.4 Å². The molecule has 2 aromatic rings. The molecule has 0 atom stereocenters. The largest absolute Gasteiger partial charge is 0.497 e. The molecule has 1 amide bonds. The summed E-state index contributed by atoms with van der Waals surface area (Å²) in [7, 11) is 3.39. The summed E-state index contributed by atoms with van der Waals surface area (Å²) in [5.41, 5.74) is 1.05. The van der Waals surface area contributed by atoms with E-state index in [4.69, 9.17) is 9.47 Å². The van der Waals surface area contributed by atoms with Crippen LogP contribution in [0.2, 0.25) is 0 Å². The molecule has 0 radical (unpaired) electrons. The lowest BCUT2D eigenvalue weighted by Crippen LogP contribution is -2.47. The number of amides is 1. The summed E-state index contributed by atoms with van der Waals surface area (Å²) in [4.78, 5) is 13.6. The number of carbonyl (C=O) groups excluding carboxylic acids is 1. The number of rotatable bonds is 6. The van der Waals surface area contributed by atoms with E-state index in [0.29, 0.717) is 13.2 Å². The Kier molecular flexibility index (Phi) is 7.29. The van der Waals surface area contributed by atoms with Gasteiger partial charge in [-0.3, -0.25) is 4.79 Å². The van der Waals surface area contributed by atoms with Crippen molar-refractivity contribution in [2.24, 2.45) is 5.41 Å². The topological polar surface area (TPSA) is 59.6 Å². The van der Waals surface area contributed by atoms with Crippen LogP contribution in [0.1, 0.15) is 28.1 Å². The van der Waals surface area contributed by atoms with Crippen LogP contribution in [-0.2, 0) is 4.74 Å². The summed E-state index contributed by atoms with van der Waals surface area (Å²) in [6.45, 7) is 5.28. The van der Waals surface area contributed by atoms with E-state index < -0.39 is 0 Å². The number of hydrogen-bond acceptors (Lipinski definition) is 5. The summed E-state index contributed by atoms with van der Waals surface area (Å²) < 4.78 is 11.8. The maximum Gasteiger partial charge on any atom is 0.261 e. The number of thiophene rings is 1. The highest BCUT2D eigenvalue weighted by Gasteiger charge is 2.33. The Balaban J connectivity index is 0.00000243. The Morgan fingerprint density at radius 1 is 1.31 bits per heavy atom. The van der Waals surface area contributed by atoms with Gasteiger partial charge in [0.2, 0.25) is 0 Å². The van der Waals surface area contributed by atoms with Crippen molar-refractivity contribution in [3.05, 3.63) is 28.6 Å². The first-order chi connectivity index (χ1) is 12.1. The first-order valence-corrected chi connectivity index (χ1v) is 9.45. The Labute approximate surface area is 164 Å². The van der Waals surface area contributed by atoms with Crippen LogP contribution in [0.15, 0.2) is 18.2 Å². The smallest absolute Gasteiger partial charge is 0.261 e.